The van der Waals surface area contributed by atoms with Crippen LogP contribution in [0.25, 0.3) is 21.6 Å². The Morgan fingerprint density at radius 3 is 2.78 bits per heavy atom. The van der Waals surface area contributed by atoms with E-state index in [1.54, 1.807) is 23.7 Å². The van der Waals surface area contributed by atoms with Gasteiger partial charge in [-0.1, -0.05) is 0 Å². The van der Waals surface area contributed by atoms with E-state index in [1.807, 2.05) is 23.6 Å². The van der Waals surface area contributed by atoms with Crippen molar-refractivity contribution in [2.45, 2.75) is 6.92 Å². The summed E-state index contributed by atoms with van der Waals surface area (Å²) in [5.74, 6) is 1.64. The number of nitrogens with zero attached hydrogens (tertiary/aromatic N) is 3. The summed E-state index contributed by atoms with van der Waals surface area (Å²) in [5, 5.41) is 6.41. The lowest BCUT2D eigenvalue weighted by molar-refractivity contribution is 1.15. The molecule has 3 rings (SSSR count). The van der Waals surface area contributed by atoms with Gasteiger partial charge in [-0.05, 0) is 30.5 Å². The minimum Gasteiger partial charge on any atom is -0.370 e. The SMILES string of the molecule is CCNc1nc(-c2ccncc2)nc2sccc12. The molecule has 0 aliphatic carbocycles. The number of aromatic nitrogens is 3. The second-order valence-corrected chi connectivity index (χ2v) is 4.70. The third-order valence-electron chi connectivity index (χ3n) is 2.61. The summed E-state index contributed by atoms with van der Waals surface area (Å²) in [7, 11) is 0. The van der Waals surface area contributed by atoms with Crippen LogP contribution in [0.1, 0.15) is 6.92 Å². The Balaban J connectivity index is 2.19. The number of thiophene rings is 1. The van der Waals surface area contributed by atoms with Gasteiger partial charge in [0.2, 0.25) is 0 Å². The molecule has 0 aliphatic heterocycles. The van der Waals surface area contributed by atoms with Gasteiger partial charge < -0.3 is 5.32 Å². The highest BCUT2D eigenvalue weighted by atomic mass is 32.1. The maximum Gasteiger partial charge on any atom is 0.163 e. The molecule has 0 saturated carbocycles. The largest absolute Gasteiger partial charge is 0.370 e. The number of pyridine rings is 1. The summed E-state index contributed by atoms with van der Waals surface area (Å²) >= 11 is 1.63. The highest BCUT2D eigenvalue weighted by Gasteiger charge is 2.09. The molecule has 0 aliphatic rings. The van der Waals surface area contributed by atoms with E-state index in [-0.39, 0.29) is 0 Å². The number of anilines is 1. The second kappa shape index (κ2) is 4.70. The smallest absolute Gasteiger partial charge is 0.163 e. The molecule has 0 saturated heterocycles. The van der Waals surface area contributed by atoms with Crippen molar-refractivity contribution in [3.8, 4) is 11.4 Å². The van der Waals surface area contributed by atoms with Crippen LogP contribution >= 0.6 is 11.3 Å². The lowest BCUT2D eigenvalue weighted by atomic mass is 10.2. The van der Waals surface area contributed by atoms with Gasteiger partial charge in [0.25, 0.3) is 0 Å². The van der Waals surface area contributed by atoms with Crippen molar-refractivity contribution < 1.29 is 0 Å². The summed E-state index contributed by atoms with van der Waals surface area (Å²) in [6.45, 7) is 2.91. The van der Waals surface area contributed by atoms with E-state index in [0.717, 1.165) is 34.0 Å². The standard InChI is InChI=1S/C13H12N4S/c1-2-15-12-10-5-8-18-13(10)17-11(16-12)9-3-6-14-7-4-9/h3-8H,2H2,1H3,(H,15,16,17). The van der Waals surface area contributed by atoms with Crippen LogP contribution in [0.5, 0.6) is 0 Å². The van der Waals surface area contributed by atoms with E-state index in [1.165, 1.54) is 0 Å². The predicted molar refractivity (Wildman–Crippen MR) is 74.8 cm³/mol. The molecule has 3 aromatic rings. The molecule has 0 fully saturated rings. The van der Waals surface area contributed by atoms with Crippen LogP contribution in [0.15, 0.2) is 36.0 Å². The number of hydrogen-bond donors (Lipinski definition) is 1. The van der Waals surface area contributed by atoms with Gasteiger partial charge in [0.15, 0.2) is 5.82 Å². The van der Waals surface area contributed by atoms with Crippen molar-refractivity contribution in [1.82, 2.24) is 15.0 Å². The monoisotopic (exact) mass is 256 g/mol. The van der Waals surface area contributed by atoms with E-state index < -0.39 is 0 Å². The summed E-state index contributed by atoms with van der Waals surface area (Å²) in [6, 6.07) is 5.89. The fourth-order valence-electron chi connectivity index (χ4n) is 1.79. The maximum atomic E-state index is 4.59. The summed E-state index contributed by atoms with van der Waals surface area (Å²) in [6.07, 6.45) is 3.51. The Bertz CT molecular complexity index is 663. The molecule has 0 unspecified atom stereocenters. The van der Waals surface area contributed by atoms with Gasteiger partial charge in [0.05, 0.1) is 5.39 Å². The van der Waals surface area contributed by atoms with Crippen molar-refractivity contribution in [2.75, 3.05) is 11.9 Å². The van der Waals surface area contributed by atoms with Crippen molar-refractivity contribution in [1.29, 1.82) is 0 Å². The molecule has 3 heterocycles. The highest BCUT2D eigenvalue weighted by molar-refractivity contribution is 7.16. The molecule has 0 radical (unpaired) electrons. The Morgan fingerprint density at radius 1 is 1.17 bits per heavy atom. The number of nitrogens with one attached hydrogen (secondary N) is 1. The molecule has 90 valence electrons. The topological polar surface area (TPSA) is 50.7 Å². The summed E-state index contributed by atoms with van der Waals surface area (Å²) < 4.78 is 0. The lowest BCUT2D eigenvalue weighted by Crippen LogP contribution is -2.01. The van der Waals surface area contributed by atoms with Gasteiger partial charge in [-0.3, -0.25) is 4.98 Å². The van der Waals surface area contributed by atoms with E-state index in [2.05, 4.69) is 27.2 Å². The van der Waals surface area contributed by atoms with Crippen molar-refractivity contribution in [2.24, 2.45) is 0 Å². The Morgan fingerprint density at radius 2 is 2.00 bits per heavy atom. The fourth-order valence-corrected chi connectivity index (χ4v) is 2.55. The van der Waals surface area contributed by atoms with E-state index >= 15 is 0 Å². The van der Waals surface area contributed by atoms with E-state index in [9.17, 15) is 0 Å². The third-order valence-corrected chi connectivity index (χ3v) is 3.41. The van der Waals surface area contributed by atoms with Crippen molar-refractivity contribution in [3.63, 3.8) is 0 Å². The minimum absolute atomic E-state index is 0.739. The predicted octanol–water partition coefficient (Wildman–Crippen LogP) is 3.19. The van der Waals surface area contributed by atoms with Crippen LogP contribution in [-0.2, 0) is 0 Å². The molecule has 0 atom stereocenters. The van der Waals surface area contributed by atoms with Crippen LogP contribution in [0.4, 0.5) is 5.82 Å². The molecule has 0 amide bonds. The van der Waals surface area contributed by atoms with Crippen LogP contribution < -0.4 is 5.32 Å². The van der Waals surface area contributed by atoms with Crippen LogP contribution in [0.3, 0.4) is 0 Å². The van der Waals surface area contributed by atoms with Crippen LogP contribution in [-0.4, -0.2) is 21.5 Å². The molecular weight excluding hydrogens is 244 g/mol. The van der Waals surface area contributed by atoms with Gasteiger partial charge >= 0.3 is 0 Å². The van der Waals surface area contributed by atoms with Crippen LogP contribution in [0, 0.1) is 0 Å². The lowest BCUT2D eigenvalue weighted by Gasteiger charge is -2.06. The molecule has 0 bridgehead atoms. The van der Waals surface area contributed by atoms with E-state index in [0.29, 0.717) is 0 Å². The zero-order valence-electron chi connectivity index (χ0n) is 9.92. The number of rotatable bonds is 3. The quantitative estimate of drug-likeness (QED) is 0.782. The zero-order valence-corrected chi connectivity index (χ0v) is 10.7. The van der Waals surface area contributed by atoms with Crippen molar-refractivity contribution >= 4 is 27.4 Å². The minimum atomic E-state index is 0.739. The van der Waals surface area contributed by atoms with Gasteiger partial charge in [0.1, 0.15) is 10.6 Å². The molecule has 18 heavy (non-hydrogen) atoms. The second-order valence-electron chi connectivity index (χ2n) is 3.80. The highest BCUT2D eigenvalue weighted by Crippen LogP contribution is 2.27. The van der Waals surface area contributed by atoms with Crippen molar-refractivity contribution in [3.05, 3.63) is 36.0 Å². The fraction of sp³-hybridized carbons (Fsp3) is 0.154. The average molecular weight is 256 g/mol. The Kier molecular flexibility index (Phi) is 2.90. The number of fused-ring (bicyclic) bond motifs is 1. The maximum absolute atomic E-state index is 4.59. The molecule has 1 N–H and O–H groups in total. The molecule has 4 nitrogen and oxygen atoms in total. The Labute approximate surface area is 109 Å². The van der Waals surface area contributed by atoms with Crippen LogP contribution in [0.2, 0.25) is 0 Å². The molecule has 3 aromatic heterocycles. The first-order valence-corrected chi connectivity index (χ1v) is 6.66. The first-order valence-electron chi connectivity index (χ1n) is 5.78. The number of hydrogen-bond acceptors (Lipinski definition) is 5. The van der Waals surface area contributed by atoms with E-state index in [4.69, 9.17) is 0 Å². The average Bonchev–Trinajstić information content (AvgIpc) is 2.88. The normalized spacial score (nSPS) is 10.7. The molecule has 5 heteroatoms. The molecular formula is C13H12N4S. The van der Waals surface area contributed by atoms with Gasteiger partial charge in [0, 0.05) is 24.5 Å². The Hall–Kier alpha value is -2.01. The van der Waals surface area contributed by atoms with Gasteiger partial charge in [-0.15, -0.1) is 11.3 Å². The first kappa shape index (κ1) is 11.1. The summed E-state index contributed by atoms with van der Waals surface area (Å²) in [5.41, 5.74) is 0.986. The van der Waals surface area contributed by atoms with Gasteiger partial charge in [-0.25, -0.2) is 9.97 Å². The molecule has 0 spiro atoms. The van der Waals surface area contributed by atoms with Gasteiger partial charge in [-0.2, -0.15) is 0 Å². The third kappa shape index (κ3) is 1.93. The first-order chi connectivity index (χ1) is 8.88. The molecule has 0 aromatic carbocycles. The zero-order chi connectivity index (χ0) is 12.4. The summed E-state index contributed by atoms with van der Waals surface area (Å²) in [4.78, 5) is 14.2.